The molecule has 16 heavy (non-hydrogen) atoms. The first kappa shape index (κ1) is 11.9. The van der Waals surface area contributed by atoms with Gasteiger partial charge in [0, 0.05) is 0 Å². The summed E-state index contributed by atoms with van der Waals surface area (Å²) in [5.74, 6) is 0.546. The van der Waals surface area contributed by atoms with E-state index >= 15 is 0 Å². The molecule has 0 aromatic carbocycles. The van der Waals surface area contributed by atoms with E-state index < -0.39 is 5.97 Å². The lowest BCUT2D eigenvalue weighted by atomic mass is 9.96. The third kappa shape index (κ3) is 2.97. The van der Waals surface area contributed by atoms with Gasteiger partial charge in [-0.05, 0) is 50.6 Å². The van der Waals surface area contributed by atoms with Gasteiger partial charge in [-0.15, -0.1) is 0 Å². The molecule has 0 spiro atoms. The van der Waals surface area contributed by atoms with E-state index in [4.69, 9.17) is 5.11 Å². The number of hydrogen-bond acceptors (Lipinski definition) is 2. The average Bonchev–Trinajstić information content (AvgIpc) is 2.87. The second-order valence-electron chi connectivity index (χ2n) is 5.44. The monoisotopic (exact) mass is 225 g/mol. The summed E-state index contributed by atoms with van der Waals surface area (Å²) in [6.07, 6.45) is 8.55. The van der Waals surface area contributed by atoms with Gasteiger partial charge in [0.1, 0.15) is 0 Å². The molecule has 3 heteroatoms. The van der Waals surface area contributed by atoms with Gasteiger partial charge >= 0.3 is 5.97 Å². The molecule has 2 aliphatic carbocycles. The minimum Gasteiger partial charge on any atom is -0.481 e. The van der Waals surface area contributed by atoms with Gasteiger partial charge < -0.3 is 10.4 Å². The van der Waals surface area contributed by atoms with Crippen LogP contribution in [0.15, 0.2) is 0 Å². The number of carboxylic acids is 1. The van der Waals surface area contributed by atoms with Crippen LogP contribution in [0.3, 0.4) is 0 Å². The molecule has 0 aromatic heterocycles. The Morgan fingerprint density at radius 1 is 1.06 bits per heavy atom. The molecule has 92 valence electrons. The van der Waals surface area contributed by atoms with Crippen LogP contribution >= 0.6 is 0 Å². The fraction of sp³-hybridized carbons (Fsp3) is 0.923. The Balaban J connectivity index is 1.66. The second-order valence-corrected chi connectivity index (χ2v) is 5.44. The third-order valence-corrected chi connectivity index (χ3v) is 4.29. The number of aliphatic carboxylic acids is 1. The molecule has 0 heterocycles. The van der Waals surface area contributed by atoms with Crippen molar-refractivity contribution in [3.05, 3.63) is 0 Å². The highest BCUT2D eigenvalue weighted by molar-refractivity contribution is 5.70. The lowest BCUT2D eigenvalue weighted by molar-refractivity contribution is -0.142. The maximum Gasteiger partial charge on any atom is 0.306 e. The zero-order valence-electron chi connectivity index (χ0n) is 9.95. The summed E-state index contributed by atoms with van der Waals surface area (Å²) in [5, 5.41) is 12.6. The van der Waals surface area contributed by atoms with E-state index in [1.54, 1.807) is 0 Å². The quantitative estimate of drug-likeness (QED) is 0.754. The van der Waals surface area contributed by atoms with Gasteiger partial charge in [-0.25, -0.2) is 0 Å². The lowest BCUT2D eigenvalue weighted by Crippen LogP contribution is -2.31. The first-order chi connectivity index (χ1) is 7.77. The van der Waals surface area contributed by atoms with Crippen molar-refractivity contribution in [2.75, 3.05) is 13.1 Å². The van der Waals surface area contributed by atoms with Crippen molar-refractivity contribution in [2.24, 2.45) is 17.8 Å². The molecule has 2 atom stereocenters. The van der Waals surface area contributed by atoms with Crippen LogP contribution in [-0.2, 0) is 4.79 Å². The molecule has 0 amide bonds. The van der Waals surface area contributed by atoms with Gasteiger partial charge in [0.2, 0.25) is 0 Å². The number of hydrogen-bond donors (Lipinski definition) is 2. The average molecular weight is 225 g/mol. The number of carboxylic acid groups (broad SMARTS) is 1. The molecule has 2 N–H and O–H groups in total. The minimum atomic E-state index is -0.592. The van der Waals surface area contributed by atoms with Crippen molar-refractivity contribution in [3.8, 4) is 0 Å². The Labute approximate surface area is 97.6 Å². The molecule has 2 rings (SSSR count). The summed E-state index contributed by atoms with van der Waals surface area (Å²) in [7, 11) is 0. The summed E-state index contributed by atoms with van der Waals surface area (Å²) in [5.41, 5.74) is 0. The number of nitrogens with one attached hydrogen (secondary N) is 1. The largest absolute Gasteiger partial charge is 0.481 e. The van der Waals surface area contributed by atoms with Crippen LogP contribution in [0, 0.1) is 17.8 Å². The Morgan fingerprint density at radius 2 is 1.81 bits per heavy atom. The minimum absolute atomic E-state index is 0.0870. The van der Waals surface area contributed by atoms with Crippen molar-refractivity contribution in [1.82, 2.24) is 5.32 Å². The highest BCUT2D eigenvalue weighted by Crippen LogP contribution is 2.31. The second kappa shape index (κ2) is 5.67. The summed E-state index contributed by atoms with van der Waals surface area (Å²) >= 11 is 0. The highest BCUT2D eigenvalue weighted by Gasteiger charge is 2.32. The van der Waals surface area contributed by atoms with E-state index in [2.05, 4.69) is 5.32 Å². The number of rotatable bonds is 5. The van der Waals surface area contributed by atoms with Crippen molar-refractivity contribution < 1.29 is 9.90 Å². The molecular weight excluding hydrogens is 202 g/mol. The summed E-state index contributed by atoms with van der Waals surface area (Å²) < 4.78 is 0. The SMILES string of the molecule is O=C(O)C1CCCC1CNCC1CCCC1. The van der Waals surface area contributed by atoms with Crippen molar-refractivity contribution >= 4 is 5.97 Å². The first-order valence-corrected chi connectivity index (χ1v) is 6.71. The predicted octanol–water partition coefficient (Wildman–Crippen LogP) is 2.27. The zero-order valence-corrected chi connectivity index (χ0v) is 9.95. The van der Waals surface area contributed by atoms with Crippen LogP contribution in [0.5, 0.6) is 0 Å². The van der Waals surface area contributed by atoms with Gasteiger partial charge in [-0.1, -0.05) is 19.3 Å². The first-order valence-electron chi connectivity index (χ1n) is 6.71. The molecule has 0 saturated heterocycles. The maximum absolute atomic E-state index is 11.0. The number of carbonyl (C=O) groups is 1. The molecule has 0 bridgehead atoms. The third-order valence-electron chi connectivity index (χ3n) is 4.29. The van der Waals surface area contributed by atoms with E-state index in [-0.39, 0.29) is 5.92 Å². The molecule has 2 fully saturated rings. The van der Waals surface area contributed by atoms with Gasteiger partial charge in [0.15, 0.2) is 0 Å². The Bertz CT molecular complexity index is 236. The van der Waals surface area contributed by atoms with Gasteiger partial charge in [0.05, 0.1) is 5.92 Å². The van der Waals surface area contributed by atoms with Crippen molar-refractivity contribution in [1.29, 1.82) is 0 Å². The fourth-order valence-corrected chi connectivity index (χ4v) is 3.29. The highest BCUT2D eigenvalue weighted by atomic mass is 16.4. The van der Waals surface area contributed by atoms with E-state index in [0.29, 0.717) is 5.92 Å². The normalized spacial score (nSPS) is 31.0. The molecule has 2 saturated carbocycles. The van der Waals surface area contributed by atoms with Gasteiger partial charge in [0.25, 0.3) is 0 Å². The molecule has 0 aromatic rings. The van der Waals surface area contributed by atoms with E-state index in [1.165, 1.54) is 25.7 Å². The summed E-state index contributed by atoms with van der Waals surface area (Å²) in [6, 6.07) is 0. The Kier molecular flexibility index (Phi) is 4.22. The van der Waals surface area contributed by atoms with Crippen LogP contribution in [0.1, 0.15) is 44.9 Å². The molecule has 0 radical (unpaired) electrons. The Hall–Kier alpha value is -0.570. The lowest BCUT2D eigenvalue weighted by Gasteiger charge is -2.18. The van der Waals surface area contributed by atoms with E-state index in [1.807, 2.05) is 0 Å². The molecule has 3 nitrogen and oxygen atoms in total. The smallest absolute Gasteiger partial charge is 0.306 e. The Morgan fingerprint density at radius 3 is 2.50 bits per heavy atom. The van der Waals surface area contributed by atoms with Crippen LogP contribution < -0.4 is 5.32 Å². The van der Waals surface area contributed by atoms with Crippen molar-refractivity contribution in [3.63, 3.8) is 0 Å². The van der Waals surface area contributed by atoms with Gasteiger partial charge in [-0.2, -0.15) is 0 Å². The fourth-order valence-electron chi connectivity index (χ4n) is 3.29. The van der Waals surface area contributed by atoms with Gasteiger partial charge in [-0.3, -0.25) is 4.79 Å². The predicted molar refractivity (Wildman–Crippen MR) is 63.3 cm³/mol. The topological polar surface area (TPSA) is 49.3 Å². The summed E-state index contributed by atoms with van der Waals surface area (Å²) in [4.78, 5) is 11.0. The van der Waals surface area contributed by atoms with E-state index in [0.717, 1.165) is 38.3 Å². The maximum atomic E-state index is 11.0. The van der Waals surface area contributed by atoms with Crippen LogP contribution in [-0.4, -0.2) is 24.2 Å². The molecule has 2 aliphatic rings. The van der Waals surface area contributed by atoms with Crippen LogP contribution in [0.2, 0.25) is 0 Å². The van der Waals surface area contributed by atoms with Crippen LogP contribution in [0.4, 0.5) is 0 Å². The summed E-state index contributed by atoms with van der Waals surface area (Å²) in [6.45, 7) is 2.01. The molecule has 0 aliphatic heterocycles. The van der Waals surface area contributed by atoms with E-state index in [9.17, 15) is 4.79 Å². The molecular formula is C13H23NO2. The van der Waals surface area contributed by atoms with Crippen molar-refractivity contribution in [2.45, 2.75) is 44.9 Å². The van der Waals surface area contributed by atoms with Crippen LogP contribution in [0.25, 0.3) is 0 Å². The standard InChI is InChI=1S/C13H23NO2/c15-13(16)12-7-3-6-11(12)9-14-8-10-4-1-2-5-10/h10-12,14H,1-9H2,(H,15,16). The zero-order chi connectivity index (χ0) is 11.4. The molecule has 2 unspecified atom stereocenters.